The molecule has 0 heterocycles. The standard InChI is InChI=1S/C15H22ClN3.HI/c1-11(13-5-7-14(16)8-6-13)19-15(17-2)18-10-9-12-3-4-12;/h5-8,11-12H,3-4,9-10H2,1-2H3,(H2,17,18,19);1H. The average Bonchev–Trinajstić information content (AvgIpc) is 3.22. The number of aliphatic imine (C=N–C) groups is 1. The molecule has 0 aromatic heterocycles. The summed E-state index contributed by atoms with van der Waals surface area (Å²) in [5.74, 6) is 1.81. The molecule has 1 aromatic rings. The first-order valence-corrected chi connectivity index (χ1v) is 7.29. The van der Waals surface area contributed by atoms with Crippen LogP contribution in [0.1, 0.15) is 37.8 Å². The Morgan fingerprint density at radius 2 is 2.00 bits per heavy atom. The summed E-state index contributed by atoms with van der Waals surface area (Å²) < 4.78 is 0. The van der Waals surface area contributed by atoms with Crippen LogP contribution in [0, 0.1) is 5.92 Å². The third-order valence-corrected chi connectivity index (χ3v) is 3.74. The van der Waals surface area contributed by atoms with Crippen LogP contribution in [0.3, 0.4) is 0 Å². The molecule has 0 bridgehead atoms. The molecule has 2 N–H and O–H groups in total. The van der Waals surface area contributed by atoms with Gasteiger partial charge < -0.3 is 10.6 Å². The minimum Gasteiger partial charge on any atom is -0.356 e. The molecule has 5 heteroatoms. The summed E-state index contributed by atoms with van der Waals surface area (Å²) in [6, 6.07) is 8.12. The number of nitrogens with zero attached hydrogens (tertiary/aromatic N) is 1. The monoisotopic (exact) mass is 407 g/mol. The van der Waals surface area contributed by atoms with E-state index in [1.54, 1.807) is 7.05 Å². The molecule has 1 aromatic carbocycles. The lowest BCUT2D eigenvalue weighted by Gasteiger charge is -2.18. The van der Waals surface area contributed by atoms with E-state index in [0.29, 0.717) is 0 Å². The van der Waals surface area contributed by atoms with Crippen LogP contribution < -0.4 is 10.6 Å². The van der Waals surface area contributed by atoms with Gasteiger partial charge in [-0.25, -0.2) is 0 Å². The van der Waals surface area contributed by atoms with Gasteiger partial charge >= 0.3 is 0 Å². The zero-order valence-electron chi connectivity index (χ0n) is 12.0. The van der Waals surface area contributed by atoms with Gasteiger partial charge in [-0.2, -0.15) is 0 Å². The number of hydrogen-bond acceptors (Lipinski definition) is 1. The molecule has 1 atom stereocenters. The summed E-state index contributed by atoms with van der Waals surface area (Å²) >= 11 is 5.90. The van der Waals surface area contributed by atoms with Crippen molar-refractivity contribution in [3.05, 3.63) is 34.9 Å². The van der Waals surface area contributed by atoms with Crippen LogP contribution in [-0.2, 0) is 0 Å². The smallest absolute Gasteiger partial charge is 0.191 e. The fourth-order valence-electron chi connectivity index (χ4n) is 2.04. The van der Waals surface area contributed by atoms with Gasteiger partial charge in [-0.3, -0.25) is 4.99 Å². The summed E-state index contributed by atoms with van der Waals surface area (Å²) in [4.78, 5) is 4.26. The molecule has 3 nitrogen and oxygen atoms in total. The number of guanidine groups is 1. The van der Waals surface area contributed by atoms with Gasteiger partial charge in [0.25, 0.3) is 0 Å². The number of nitrogens with one attached hydrogen (secondary N) is 2. The second-order valence-corrected chi connectivity index (χ2v) is 5.59. The Hall–Kier alpha value is -0.490. The van der Waals surface area contributed by atoms with E-state index in [9.17, 15) is 0 Å². The van der Waals surface area contributed by atoms with Crippen molar-refractivity contribution in [1.29, 1.82) is 0 Å². The Morgan fingerprint density at radius 3 is 2.55 bits per heavy atom. The molecular formula is C15H23ClIN3. The largest absolute Gasteiger partial charge is 0.356 e. The van der Waals surface area contributed by atoms with E-state index in [1.807, 2.05) is 24.3 Å². The van der Waals surface area contributed by atoms with Crippen LogP contribution in [0.25, 0.3) is 0 Å². The Labute approximate surface area is 143 Å². The van der Waals surface area contributed by atoms with Crippen molar-refractivity contribution in [2.45, 2.75) is 32.2 Å². The van der Waals surface area contributed by atoms with Crippen molar-refractivity contribution >= 4 is 41.5 Å². The lowest BCUT2D eigenvalue weighted by atomic mass is 10.1. The van der Waals surface area contributed by atoms with Gasteiger partial charge in [0.15, 0.2) is 5.96 Å². The van der Waals surface area contributed by atoms with Crippen molar-refractivity contribution in [3.63, 3.8) is 0 Å². The van der Waals surface area contributed by atoms with Crippen molar-refractivity contribution in [2.75, 3.05) is 13.6 Å². The molecule has 0 amide bonds. The van der Waals surface area contributed by atoms with Crippen LogP contribution in [0.2, 0.25) is 5.02 Å². The quantitative estimate of drug-likeness (QED) is 0.440. The Bertz CT molecular complexity index is 429. The predicted octanol–water partition coefficient (Wildman–Crippen LogP) is 3.98. The molecule has 112 valence electrons. The lowest BCUT2D eigenvalue weighted by Crippen LogP contribution is -2.39. The van der Waals surface area contributed by atoms with E-state index in [2.05, 4.69) is 22.5 Å². The second-order valence-electron chi connectivity index (χ2n) is 5.15. The molecule has 1 aliphatic carbocycles. The minimum atomic E-state index is 0. The van der Waals surface area contributed by atoms with E-state index in [0.717, 1.165) is 23.4 Å². The highest BCUT2D eigenvalue weighted by molar-refractivity contribution is 14.0. The van der Waals surface area contributed by atoms with Crippen LogP contribution >= 0.6 is 35.6 Å². The third-order valence-electron chi connectivity index (χ3n) is 3.49. The van der Waals surface area contributed by atoms with Gasteiger partial charge in [0.2, 0.25) is 0 Å². The number of benzene rings is 1. The lowest BCUT2D eigenvalue weighted by molar-refractivity contribution is 0.653. The van der Waals surface area contributed by atoms with Gasteiger partial charge in [-0.15, -0.1) is 24.0 Å². The Kier molecular flexibility index (Phi) is 7.66. The van der Waals surface area contributed by atoms with E-state index < -0.39 is 0 Å². The first-order valence-electron chi connectivity index (χ1n) is 6.91. The van der Waals surface area contributed by atoms with Gasteiger partial charge in [0, 0.05) is 18.6 Å². The number of hydrogen-bond donors (Lipinski definition) is 2. The zero-order chi connectivity index (χ0) is 13.7. The summed E-state index contributed by atoms with van der Waals surface area (Å²) in [5.41, 5.74) is 1.20. The van der Waals surface area contributed by atoms with Gasteiger partial charge in [0.1, 0.15) is 0 Å². The zero-order valence-corrected chi connectivity index (χ0v) is 15.1. The molecule has 1 saturated carbocycles. The molecule has 1 fully saturated rings. The molecule has 1 aliphatic rings. The van der Waals surface area contributed by atoms with Crippen molar-refractivity contribution in [2.24, 2.45) is 10.9 Å². The fraction of sp³-hybridized carbons (Fsp3) is 0.533. The highest BCUT2D eigenvalue weighted by Gasteiger charge is 2.20. The summed E-state index contributed by atoms with van der Waals surface area (Å²) in [7, 11) is 1.81. The van der Waals surface area contributed by atoms with E-state index in [4.69, 9.17) is 11.6 Å². The third kappa shape index (κ3) is 5.87. The molecule has 0 aliphatic heterocycles. The van der Waals surface area contributed by atoms with E-state index in [1.165, 1.54) is 24.8 Å². The summed E-state index contributed by atoms with van der Waals surface area (Å²) in [5, 5.41) is 7.52. The number of rotatable bonds is 5. The average molecular weight is 408 g/mol. The van der Waals surface area contributed by atoms with Crippen LogP contribution in [0.15, 0.2) is 29.3 Å². The molecule has 0 radical (unpaired) electrons. The second kappa shape index (κ2) is 8.72. The Morgan fingerprint density at radius 1 is 1.35 bits per heavy atom. The molecule has 1 unspecified atom stereocenters. The van der Waals surface area contributed by atoms with Crippen molar-refractivity contribution in [1.82, 2.24) is 10.6 Å². The number of halogens is 2. The summed E-state index contributed by atoms with van der Waals surface area (Å²) in [6.45, 7) is 3.12. The van der Waals surface area contributed by atoms with Crippen molar-refractivity contribution in [3.8, 4) is 0 Å². The van der Waals surface area contributed by atoms with Crippen molar-refractivity contribution < 1.29 is 0 Å². The maximum Gasteiger partial charge on any atom is 0.191 e. The first kappa shape index (κ1) is 17.6. The van der Waals surface area contributed by atoms with Gasteiger partial charge in [-0.05, 0) is 37.0 Å². The van der Waals surface area contributed by atoms with Crippen LogP contribution in [0.5, 0.6) is 0 Å². The first-order chi connectivity index (χ1) is 9.19. The summed E-state index contributed by atoms with van der Waals surface area (Å²) in [6.07, 6.45) is 4.04. The maximum atomic E-state index is 5.90. The predicted molar refractivity (Wildman–Crippen MR) is 97.1 cm³/mol. The van der Waals surface area contributed by atoms with Crippen LogP contribution in [0.4, 0.5) is 0 Å². The molecule has 20 heavy (non-hydrogen) atoms. The maximum absolute atomic E-state index is 5.90. The highest BCUT2D eigenvalue weighted by atomic mass is 127. The van der Waals surface area contributed by atoms with E-state index >= 15 is 0 Å². The van der Waals surface area contributed by atoms with Gasteiger partial charge in [0.05, 0.1) is 6.04 Å². The Balaban J connectivity index is 0.00000200. The highest BCUT2D eigenvalue weighted by Crippen LogP contribution is 2.31. The van der Waals surface area contributed by atoms with Crippen LogP contribution in [-0.4, -0.2) is 19.6 Å². The molecule has 0 saturated heterocycles. The molecular weight excluding hydrogens is 385 g/mol. The van der Waals surface area contributed by atoms with E-state index in [-0.39, 0.29) is 30.0 Å². The topological polar surface area (TPSA) is 36.4 Å². The van der Waals surface area contributed by atoms with Gasteiger partial charge in [-0.1, -0.05) is 36.6 Å². The normalized spacial score (nSPS) is 16.2. The minimum absolute atomic E-state index is 0. The SMILES string of the molecule is CN=C(NCCC1CC1)NC(C)c1ccc(Cl)cc1.I. The molecule has 2 rings (SSSR count). The molecule has 0 spiro atoms. The fourth-order valence-corrected chi connectivity index (χ4v) is 2.16.